The van der Waals surface area contributed by atoms with Crippen LogP contribution in [0.2, 0.25) is 0 Å². The van der Waals surface area contributed by atoms with E-state index in [1.807, 2.05) is 54.0 Å². The number of nitrogens with zero attached hydrogens (tertiary/aromatic N) is 4. The lowest BCUT2D eigenvalue weighted by Gasteiger charge is -2.13. The molecule has 2 aromatic carbocycles. The van der Waals surface area contributed by atoms with Crippen LogP contribution < -0.4 is 4.74 Å². The molecule has 0 radical (unpaired) electrons. The van der Waals surface area contributed by atoms with Crippen LogP contribution in [0, 0.1) is 11.3 Å². The maximum atomic E-state index is 9.08. The van der Waals surface area contributed by atoms with Gasteiger partial charge in [0.2, 0.25) is 0 Å². The normalized spacial score (nSPS) is 11.8. The van der Waals surface area contributed by atoms with Crippen LogP contribution in [0.25, 0.3) is 11.1 Å². The molecule has 144 valence electrons. The summed E-state index contributed by atoms with van der Waals surface area (Å²) in [6.07, 6.45) is 0. The number of rotatable bonds is 9. The van der Waals surface area contributed by atoms with E-state index in [4.69, 9.17) is 14.7 Å². The van der Waals surface area contributed by atoms with Gasteiger partial charge in [0, 0.05) is 19.2 Å². The summed E-state index contributed by atoms with van der Waals surface area (Å²) in [6.45, 7) is 3.25. The minimum atomic E-state index is -0.210. The fraction of sp³-hybridized carbons (Fsp3) is 0.286. The highest BCUT2D eigenvalue weighted by atomic mass is 32.2. The number of nitriles is 1. The summed E-state index contributed by atoms with van der Waals surface area (Å²) in [6, 6.07) is 20.3. The van der Waals surface area contributed by atoms with Gasteiger partial charge in [-0.3, -0.25) is 0 Å². The Morgan fingerprint density at radius 2 is 1.86 bits per heavy atom. The molecule has 0 aliphatic carbocycles. The number of hydrogen-bond donors (Lipinski definition) is 0. The molecule has 0 spiro atoms. The zero-order chi connectivity index (χ0) is 19.8. The van der Waals surface area contributed by atoms with Gasteiger partial charge >= 0.3 is 0 Å². The van der Waals surface area contributed by atoms with Crippen molar-refractivity contribution in [1.29, 1.82) is 5.26 Å². The van der Waals surface area contributed by atoms with Gasteiger partial charge < -0.3 is 14.0 Å². The summed E-state index contributed by atoms with van der Waals surface area (Å²) < 4.78 is 13.3. The second-order valence-electron chi connectivity index (χ2n) is 6.08. The van der Waals surface area contributed by atoms with Crippen molar-refractivity contribution in [3.05, 3.63) is 60.4 Å². The zero-order valence-electron chi connectivity index (χ0n) is 15.9. The van der Waals surface area contributed by atoms with Crippen molar-refractivity contribution in [3.63, 3.8) is 0 Å². The first kappa shape index (κ1) is 19.9. The monoisotopic (exact) mass is 394 g/mol. The first-order valence-corrected chi connectivity index (χ1v) is 9.85. The summed E-state index contributed by atoms with van der Waals surface area (Å²) in [5.41, 5.74) is 2.12. The minimum Gasteiger partial charge on any atom is -0.485 e. The van der Waals surface area contributed by atoms with E-state index in [2.05, 4.69) is 28.4 Å². The third-order valence-electron chi connectivity index (χ3n) is 4.11. The molecule has 0 bridgehead atoms. The fourth-order valence-electron chi connectivity index (χ4n) is 2.70. The number of benzene rings is 2. The van der Waals surface area contributed by atoms with Crippen molar-refractivity contribution in [2.24, 2.45) is 0 Å². The Balaban J connectivity index is 1.81. The van der Waals surface area contributed by atoms with E-state index in [1.54, 1.807) is 7.11 Å². The van der Waals surface area contributed by atoms with Crippen molar-refractivity contribution >= 4 is 11.8 Å². The average Bonchev–Trinajstić information content (AvgIpc) is 3.12. The molecule has 0 saturated carbocycles. The molecule has 6 nitrogen and oxygen atoms in total. The van der Waals surface area contributed by atoms with E-state index in [9.17, 15) is 0 Å². The largest absolute Gasteiger partial charge is 0.485 e. The Bertz CT molecular complexity index is 937. The molecular weight excluding hydrogens is 372 g/mol. The molecule has 0 aliphatic rings. The topological polar surface area (TPSA) is 73.0 Å². The lowest BCUT2D eigenvalue weighted by molar-refractivity contribution is 0.181. The van der Waals surface area contributed by atoms with Gasteiger partial charge in [-0.1, -0.05) is 60.3 Å². The highest BCUT2D eigenvalue weighted by Crippen LogP contribution is 2.30. The van der Waals surface area contributed by atoms with Gasteiger partial charge in [0.05, 0.1) is 17.9 Å². The number of thioether (sulfide) groups is 1. The molecule has 7 heteroatoms. The Morgan fingerprint density at radius 1 is 1.11 bits per heavy atom. The molecule has 0 unspecified atom stereocenters. The molecule has 0 saturated heterocycles. The summed E-state index contributed by atoms with van der Waals surface area (Å²) >= 11 is 1.38. The molecule has 1 aromatic heterocycles. The Labute approximate surface area is 169 Å². The highest BCUT2D eigenvalue weighted by molar-refractivity contribution is 8.00. The van der Waals surface area contributed by atoms with Gasteiger partial charge in [-0.05, 0) is 18.6 Å². The first-order valence-electron chi connectivity index (χ1n) is 8.97. The standard InChI is InChI=1S/C21H22N4O2S/c1-16(14-22)28-21-24-23-20(25(21)12-13-26-2)15-27-19-11-7-6-10-18(19)17-8-4-3-5-9-17/h3-11,16H,12-13,15H2,1-2H3/t16-/m1/s1. The predicted octanol–water partition coefficient (Wildman–Crippen LogP) is 4.17. The molecule has 0 fully saturated rings. The number of ether oxygens (including phenoxy) is 2. The molecule has 0 amide bonds. The van der Waals surface area contributed by atoms with Crippen LogP contribution in [-0.2, 0) is 17.9 Å². The zero-order valence-corrected chi connectivity index (χ0v) is 16.7. The SMILES string of the molecule is COCCn1c(COc2ccccc2-c2ccccc2)nnc1S[C@H](C)C#N. The summed E-state index contributed by atoms with van der Waals surface area (Å²) in [7, 11) is 1.65. The lowest BCUT2D eigenvalue weighted by Crippen LogP contribution is -2.12. The molecule has 1 atom stereocenters. The fourth-order valence-corrected chi connectivity index (χ4v) is 3.48. The maximum absolute atomic E-state index is 9.08. The molecule has 3 rings (SSSR count). The Hall–Kier alpha value is -2.82. The van der Waals surface area contributed by atoms with Crippen LogP contribution in [0.1, 0.15) is 12.7 Å². The molecule has 28 heavy (non-hydrogen) atoms. The van der Waals surface area contributed by atoms with E-state index >= 15 is 0 Å². The van der Waals surface area contributed by atoms with Crippen LogP contribution in [0.5, 0.6) is 5.75 Å². The van der Waals surface area contributed by atoms with Gasteiger partial charge in [0.25, 0.3) is 0 Å². The molecule has 3 aromatic rings. The van der Waals surface area contributed by atoms with Gasteiger partial charge in [-0.15, -0.1) is 10.2 Å². The van der Waals surface area contributed by atoms with Gasteiger partial charge in [0.15, 0.2) is 11.0 Å². The smallest absolute Gasteiger partial charge is 0.192 e. The number of para-hydroxylation sites is 1. The number of methoxy groups -OCH3 is 1. The second-order valence-corrected chi connectivity index (χ2v) is 7.39. The predicted molar refractivity (Wildman–Crippen MR) is 109 cm³/mol. The maximum Gasteiger partial charge on any atom is 0.192 e. The van der Waals surface area contributed by atoms with E-state index in [1.165, 1.54) is 11.8 Å². The molecular formula is C21H22N4O2S. The quantitative estimate of drug-likeness (QED) is 0.507. The first-order chi connectivity index (χ1) is 13.7. The van der Waals surface area contributed by atoms with E-state index in [-0.39, 0.29) is 11.9 Å². The van der Waals surface area contributed by atoms with Crippen LogP contribution in [-0.4, -0.2) is 33.7 Å². The van der Waals surface area contributed by atoms with Crippen molar-refractivity contribution in [1.82, 2.24) is 14.8 Å². The highest BCUT2D eigenvalue weighted by Gasteiger charge is 2.16. The third kappa shape index (κ3) is 4.91. The van der Waals surface area contributed by atoms with Gasteiger partial charge in [-0.2, -0.15) is 5.26 Å². The van der Waals surface area contributed by atoms with E-state index < -0.39 is 0 Å². The average molecular weight is 395 g/mol. The van der Waals surface area contributed by atoms with Crippen LogP contribution in [0.3, 0.4) is 0 Å². The van der Waals surface area contributed by atoms with Crippen LogP contribution in [0.15, 0.2) is 59.8 Å². The molecule has 0 aliphatic heterocycles. The van der Waals surface area contributed by atoms with Crippen molar-refractivity contribution in [3.8, 4) is 22.9 Å². The summed E-state index contributed by atoms with van der Waals surface area (Å²) in [4.78, 5) is 0. The number of aromatic nitrogens is 3. The second kappa shape index (κ2) is 9.93. The van der Waals surface area contributed by atoms with Crippen LogP contribution >= 0.6 is 11.8 Å². The van der Waals surface area contributed by atoms with Gasteiger partial charge in [-0.25, -0.2) is 0 Å². The van der Waals surface area contributed by atoms with Gasteiger partial charge in [0.1, 0.15) is 12.4 Å². The van der Waals surface area contributed by atoms with Crippen molar-refractivity contribution < 1.29 is 9.47 Å². The summed E-state index contributed by atoms with van der Waals surface area (Å²) in [5, 5.41) is 18.1. The van der Waals surface area contributed by atoms with E-state index in [0.29, 0.717) is 24.1 Å². The number of hydrogen-bond acceptors (Lipinski definition) is 6. The van der Waals surface area contributed by atoms with Crippen molar-refractivity contribution in [2.75, 3.05) is 13.7 Å². The third-order valence-corrected chi connectivity index (χ3v) is 5.08. The molecule has 1 heterocycles. The van der Waals surface area contributed by atoms with E-state index in [0.717, 1.165) is 16.9 Å². The Morgan fingerprint density at radius 3 is 2.61 bits per heavy atom. The Kier molecular flexibility index (Phi) is 7.06. The summed E-state index contributed by atoms with van der Waals surface area (Å²) in [5.74, 6) is 1.49. The van der Waals surface area contributed by atoms with Crippen molar-refractivity contribution in [2.45, 2.75) is 30.5 Å². The minimum absolute atomic E-state index is 0.210. The molecule has 0 N–H and O–H groups in total. The van der Waals surface area contributed by atoms with Crippen LogP contribution in [0.4, 0.5) is 0 Å². The lowest BCUT2D eigenvalue weighted by atomic mass is 10.1.